The Bertz CT molecular complexity index is 1100. The van der Waals surface area contributed by atoms with Crippen molar-refractivity contribution < 1.29 is 4.79 Å². The van der Waals surface area contributed by atoms with Crippen LogP contribution in [0.1, 0.15) is 28.8 Å². The van der Waals surface area contributed by atoms with Gasteiger partial charge in [0.05, 0.1) is 17.6 Å². The Morgan fingerprint density at radius 2 is 1.89 bits per heavy atom. The number of carbonyl (C=O) groups excluding carboxylic acids is 1. The average Bonchev–Trinajstić information content (AvgIpc) is 3.09. The molecule has 0 aliphatic heterocycles. The standard InChI is InChI=1S/C21H19N5O/c1-13-10-19(22-12-20-24-17-8-3-4-9-18(17)25-20)26-21(23-13)16-7-5-6-15(11-16)14(2)27/h3-11H,12H2,1-2H3,(H,24,25)(H,22,23,26). The SMILES string of the molecule is CC(=O)c1cccc(-c2nc(C)cc(NCc3nc4ccccc4[nH]3)n2)c1. The van der Waals surface area contributed by atoms with Crippen LogP contribution in [0.2, 0.25) is 0 Å². The predicted molar refractivity (Wildman–Crippen MR) is 106 cm³/mol. The van der Waals surface area contributed by atoms with Crippen molar-refractivity contribution in [3.8, 4) is 11.4 Å². The summed E-state index contributed by atoms with van der Waals surface area (Å²) in [6.45, 7) is 4.00. The fourth-order valence-electron chi connectivity index (χ4n) is 2.93. The van der Waals surface area contributed by atoms with Gasteiger partial charge in [-0.05, 0) is 32.0 Å². The van der Waals surface area contributed by atoms with Crippen LogP contribution in [0.5, 0.6) is 0 Å². The van der Waals surface area contributed by atoms with Crippen molar-refractivity contribution in [2.75, 3.05) is 5.32 Å². The highest BCUT2D eigenvalue weighted by atomic mass is 16.1. The van der Waals surface area contributed by atoms with E-state index in [9.17, 15) is 4.79 Å². The Morgan fingerprint density at radius 3 is 2.70 bits per heavy atom. The quantitative estimate of drug-likeness (QED) is 0.524. The molecule has 6 heteroatoms. The molecule has 0 spiro atoms. The summed E-state index contributed by atoms with van der Waals surface area (Å²) in [7, 11) is 0. The predicted octanol–water partition coefficient (Wildman–Crippen LogP) is 4.14. The minimum absolute atomic E-state index is 0.0211. The fourth-order valence-corrected chi connectivity index (χ4v) is 2.93. The van der Waals surface area contributed by atoms with Crippen molar-refractivity contribution in [2.45, 2.75) is 20.4 Å². The van der Waals surface area contributed by atoms with E-state index in [0.717, 1.165) is 28.1 Å². The second-order valence-electron chi connectivity index (χ2n) is 6.41. The minimum Gasteiger partial charge on any atom is -0.363 e. The van der Waals surface area contributed by atoms with Crippen LogP contribution in [-0.2, 0) is 6.54 Å². The van der Waals surface area contributed by atoms with Crippen LogP contribution in [0, 0.1) is 6.92 Å². The molecule has 0 saturated heterocycles. The number of nitrogens with one attached hydrogen (secondary N) is 2. The number of imidazole rings is 1. The molecule has 2 N–H and O–H groups in total. The van der Waals surface area contributed by atoms with Crippen LogP contribution in [-0.4, -0.2) is 25.7 Å². The smallest absolute Gasteiger partial charge is 0.161 e. The van der Waals surface area contributed by atoms with Crippen LogP contribution >= 0.6 is 0 Å². The monoisotopic (exact) mass is 357 g/mol. The molecule has 134 valence electrons. The highest BCUT2D eigenvalue weighted by Gasteiger charge is 2.08. The third-order valence-electron chi connectivity index (χ3n) is 4.26. The van der Waals surface area contributed by atoms with Crippen molar-refractivity contribution in [3.63, 3.8) is 0 Å². The van der Waals surface area contributed by atoms with E-state index in [0.29, 0.717) is 23.8 Å². The van der Waals surface area contributed by atoms with E-state index in [4.69, 9.17) is 0 Å². The van der Waals surface area contributed by atoms with Crippen LogP contribution in [0.15, 0.2) is 54.6 Å². The third-order valence-corrected chi connectivity index (χ3v) is 4.26. The number of para-hydroxylation sites is 2. The van der Waals surface area contributed by atoms with Gasteiger partial charge in [0.2, 0.25) is 0 Å². The topological polar surface area (TPSA) is 83.6 Å². The Balaban J connectivity index is 1.58. The van der Waals surface area contributed by atoms with Crippen molar-refractivity contribution in [2.24, 2.45) is 0 Å². The number of rotatable bonds is 5. The molecule has 27 heavy (non-hydrogen) atoms. The van der Waals surface area contributed by atoms with Gasteiger partial charge in [-0.15, -0.1) is 0 Å². The Kier molecular flexibility index (Phi) is 4.38. The molecule has 2 heterocycles. The lowest BCUT2D eigenvalue weighted by Crippen LogP contribution is -2.05. The lowest BCUT2D eigenvalue weighted by molar-refractivity contribution is 0.101. The molecule has 0 saturated carbocycles. The van der Waals surface area contributed by atoms with E-state index in [-0.39, 0.29) is 5.78 Å². The second-order valence-corrected chi connectivity index (χ2v) is 6.41. The second kappa shape index (κ2) is 6.99. The summed E-state index contributed by atoms with van der Waals surface area (Å²) in [6.07, 6.45) is 0. The molecule has 0 unspecified atom stereocenters. The molecule has 0 atom stereocenters. The van der Waals surface area contributed by atoms with Gasteiger partial charge >= 0.3 is 0 Å². The largest absolute Gasteiger partial charge is 0.363 e. The molecule has 4 rings (SSSR count). The Morgan fingerprint density at radius 1 is 1.04 bits per heavy atom. The van der Waals surface area contributed by atoms with Crippen molar-refractivity contribution in [1.82, 2.24) is 19.9 Å². The summed E-state index contributed by atoms with van der Waals surface area (Å²) < 4.78 is 0. The van der Waals surface area contributed by atoms with Gasteiger partial charge in [-0.3, -0.25) is 4.79 Å². The van der Waals surface area contributed by atoms with E-state index in [2.05, 4.69) is 25.3 Å². The first-order valence-electron chi connectivity index (χ1n) is 8.73. The number of aromatic nitrogens is 4. The van der Waals surface area contributed by atoms with Gasteiger partial charge in [0.15, 0.2) is 11.6 Å². The first-order valence-corrected chi connectivity index (χ1v) is 8.73. The highest BCUT2D eigenvalue weighted by molar-refractivity contribution is 5.95. The summed E-state index contributed by atoms with van der Waals surface area (Å²) in [5.74, 6) is 2.16. The average molecular weight is 357 g/mol. The number of carbonyl (C=O) groups is 1. The first kappa shape index (κ1) is 16.9. The molecule has 2 aromatic carbocycles. The number of Topliss-reactive ketones (excluding diaryl/α,β-unsaturated/α-hetero) is 1. The highest BCUT2D eigenvalue weighted by Crippen LogP contribution is 2.20. The maximum atomic E-state index is 11.6. The van der Waals surface area contributed by atoms with Gasteiger partial charge in [0.25, 0.3) is 0 Å². The maximum Gasteiger partial charge on any atom is 0.161 e. The molecular weight excluding hydrogens is 338 g/mol. The van der Waals surface area contributed by atoms with Gasteiger partial charge in [0, 0.05) is 22.9 Å². The number of benzene rings is 2. The number of aryl methyl sites for hydroxylation is 1. The summed E-state index contributed by atoms with van der Waals surface area (Å²) in [6, 6.07) is 17.2. The van der Waals surface area contributed by atoms with E-state index in [1.54, 1.807) is 13.0 Å². The van der Waals surface area contributed by atoms with Crippen LogP contribution in [0.4, 0.5) is 5.82 Å². The van der Waals surface area contributed by atoms with Gasteiger partial charge in [-0.2, -0.15) is 0 Å². The van der Waals surface area contributed by atoms with Crippen LogP contribution in [0.25, 0.3) is 22.4 Å². The molecule has 0 radical (unpaired) electrons. The third kappa shape index (κ3) is 3.69. The minimum atomic E-state index is 0.0211. The summed E-state index contributed by atoms with van der Waals surface area (Å²) in [5, 5.41) is 3.30. The number of anilines is 1. The first-order chi connectivity index (χ1) is 13.1. The van der Waals surface area contributed by atoms with Gasteiger partial charge in [-0.1, -0.05) is 30.3 Å². The molecule has 0 aliphatic rings. The van der Waals surface area contributed by atoms with Crippen molar-refractivity contribution in [3.05, 3.63) is 71.7 Å². The van der Waals surface area contributed by atoms with E-state index in [1.807, 2.05) is 55.5 Å². The molecule has 6 nitrogen and oxygen atoms in total. The number of hydrogen-bond acceptors (Lipinski definition) is 5. The van der Waals surface area contributed by atoms with Gasteiger partial charge in [-0.25, -0.2) is 15.0 Å². The van der Waals surface area contributed by atoms with E-state index < -0.39 is 0 Å². The number of fused-ring (bicyclic) bond motifs is 1. The Hall–Kier alpha value is -3.54. The molecule has 4 aromatic rings. The van der Waals surface area contributed by atoms with Crippen LogP contribution < -0.4 is 5.32 Å². The molecule has 0 fully saturated rings. The lowest BCUT2D eigenvalue weighted by Gasteiger charge is -2.08. The van der Waals surface area contributed by atoms with E-state index >= 15 is 0 Å². The summed E-state index contributed by atoms with van der Waals surface area (Å²) in [4.78, 5) is 28.6. The molecule has 0 bridgehead atoms. The van der Waals surface area contributed by atoms with Crippen molar-refractivity contribution in [1.29, 1.82) is 0 Å². The van der Waals surface area contributed by atoms with Crippen molar-refractivity contribution >= 4 is 22.6 Å². The van der Waals surface area contributed by atoms with Gasteiger partial charge < -0.3 is 10.3 Å². The number of nitrogens with zero attached hydrogens (tertiary/aromatic N) is 3. The maximum absolute atomic E-state index is 11.6. The molecule has 2 aromatic heterocycles. The van der Waals surface area contributed by atoms with E-state index in [1.165, 1.54) is 0 Å². The molecule has 0 aliphatic carbocycles. The fraction of sp³-hybridized carbons (Fsp3) is 0.143. The zero-order valence-electron chi connectivity index (χ0n) is 15.2. The van der Waals surface area contributed by atoms with Gasteiger partial charge in [0.1, 0.15) is 11.6 Å². The number of aromatic amines is 1. The normalized spacial score (nSPS) is 10.9. The lowest BCUT2D eigenvalue weighted by atomic mass is 10.1. The summed E-state index contributed by atoms with van der Waals surface area (Å²) in [5.41, 5.74) is 4.26. The summed E-state index contributed by atoms with van der Waals surface area (Å²) >= 11 is 0. The number of H-pyrrole nitrogens is 1. The zero-order valence-corrected chi connectivity index (χ0v) is 15.2. The number of hydrogen-bond donors (Lipinski definition) is 2. The molecular formula is C21H19N5O. The van der Waals surface area contributed by atoms with Crippen LogP contribution in [0.3, 0.4) is 0 Å². The Labute approximate surface area is 156 Å². The zero-order chi connectivity index (χ0) is 18.8. The number of ketones is 1. The molecule has 0 amide bonds.